The lowest BCUT2D eigenvalue weighted by atomic mass is 10.1. The highest BCUT2D eigenvalue weighted by atomic mass is 16.5. The Morgan fingerprint density at radius 2 is 1.70 bits per heavy atom. The molecule has 120 valence electrons. The molecule has 0 heterocycles. The summed E-state index contributed by atoms with van der Waals surface area (Å²) in [6, 6.07) is 11.3. The third-order valence-electron chi connectivity index (χ3n) is 3.61. The van der Waals surface area contributed by atoms with E-state index in [0.717, 1.165) is 16.8 Å². The van der Waals surface area contributed by atoms with E-state index in [1.54, 1.807) is 26.4 Å². The minimum atomic E-state index is -0.178. The quantitative estimate of drug-likeness (QED) is 0.850. The molecule has 0 fully saturated rings. The second-order valence-corrected chi connectivity index (χ2v) is 5.24. The Labute approximate surface area is 136 Å². The maximum Gasteiger partial charge on any atom is 0.248 e. The summed E-state index contributed by atoms with van der Waals surface area (Å²) in [5, 5.41) is 2.85. The van der Waals surface area contributed by atoms with E-state index in [0.29, 0.717) is 11.5 Å². The fourth-order valence-electron chi connectivity index (χ4n) is 2.13. The molecule has 0 aliphatic carbocycles. The van der Waals surface area contributed by atoms with Crippen molar-refractivity contribution >= 4 is 17.7 Å². The number of nitrogens with one attached hydrogen (secondary N) is 1. The molecule has 0 saturated carbocycles. The highest BCUT2D eigenvalue weighted by Gasteiger charge is 2.04. The van der Waals surface area contributed by atoms with E-state index in [4.69, 9.17) is 9.47 Å². The molecule has 0 aliphatic rings. The fraction of sp³-hybridized carbons (Fsp3) is 0.211. The van der Waals surface area contributed by atoms with Gasteiger partial charge in [-0.3, -0.25) is 4.79 Å². The fourth-order valence-corrected chi connectivity index (χ4v) is 2.13. The number of anilines is 1. The number of methoxy groups -OCH3 is 2. The molecule has 1 amide bonds. The van der Waals surface area contributed by atoms with Crippen LogP contribution in [-0.2, 0) is 4.79 Å². The summed E-state index contributed by atoms with van der Waals surface area (Å²) in [7, 11) is 3.17. The number of hydrogen-bond acceptors (Lipinski definition) is 3. The number of rotatable bonds is 5. The lowest BCUT2D eigenvalue weighted by molar-refractivity contribution is -0.111. The molecule has 0 saturated heterocycles. The molecule has 0 spiro atoms. The number of ether oxygens (including phenoxy) is 2. The van der Waals surface area contributed by atoms with Crippen LogP contribution in [-0.4, -0.2) is 20.1 Å². The van der Waals surface area contributed by atoms with Crippen molar-refractivity contribution < 1.29 is 14.3 Å². The summed E-state index contributed by atoms with van der Waals surface area (Å²) in [5.41, 5.74) is 3.99. The van der Waals surface area contributed by atoms with Crippen molar-refractivity contribution in [2.24, 2.45) is 0 Å². The van der Waals surface area contributed by atoms with Crippen molar-refractivity contribution in [3.63, 3.8) is 0 Å². The molecular weight excluding hydrogens is 290 g/mol. The standard InChI is InChI=1S/C19H21NO3/c1-13-5-8-16(11-14(13)2)20-19(21)10-7-15-6-9-17(22-3)18(12-15)23-4/h5-12H,1-4H3,(H,20,21)/b10-7+. The van der Waals surface area contributed by atoms with Gasteiger partial charge in [0.05, 0.1) is 14.2 Å². The molecule has 0 aromatic heterocycles. The van der Waals surface area contributed by atoms with Crippen molar-refractivity contribution in [3.8, 4) is 11.5 Å². The number of amides is 1. The van der Waals surface area contributed by atoms with Gasteiger partial charge in [-0.1, -0.05) is 12.1 Å². The van der Waals surface area contributed by atoms with Crippen LogP contribution in [0, 0.1) is 13.8 Å². The van der Waals surface area contributed by atoms with Gasteiger partial charge in [0.1, 0.15) is 0 Å². The van der Waals surface area contributed by atoms with Crippen molar-refractivity contribution in [1.82, 2.24) is 0 Å². The summed E-state index contributed by atoms with van der Waals surface area (Å²) in [6.45, 7) is 4.06. The van der Waals surface area contributed by atoms with Gasteiger partial charge >= 0.3 is 0 Å². The van der Waals surface area contributed by atoms with E-state index in [9.17, 15) is 4.79 Å². The van der Waals surface area contributed by atoms with E-state index >= 15 is 0 Å². The van der Waals surface area contributed by atoms with Crippen molar-refractivity contribution in [2.45, 2.75) is 13.8 Å². The van der Waals surface area contributed by atoms with Crippen LogP contribution >= 0.6 is 0 Å². The minimum Gasteiger partial charge on any atom is -0.493 e. The third kappa shape index (κ3) is 4.36. The highest BCUT2D eigenvalue weighted by molar-refractivity contribution is 6.02. The number of benzene rings is 2. The Morgan fingerprint density at radius 1 is 0.957 bits per heavy atom. The second kappa shape index (κ2) is 7.49. The van der Waals surface area contributed by atoms with Crippen LogP contribution in [0.1, 0.15) is 16.7 Å². The largest absolute Gasteiger partial charge is 0.493 e. The lowest BCUT2D eigenvalue weighted by Crippen LogP contribution is -2.07. The Kier molecular flexibility index (Phi) is 5.41. The van der Waals surface area contributed by atoms with Crippen LogP contribution in [0.25, 0.3) is 6.08 Å². The van der Waals surface area contributed by atoms with Crippen molar-refractivity contribution in [2.75, 3.05) is 19.5 Å². The van der Waals surface area contributed by atoms with Gasteiger partial charge in [0.2, 0.25) is 5.91 Å². The van der Waals surface area contributed by atoms with E-state index < -0.39 is 0 Å². The van der Waals surface area contributed by atoms with E-state index in [1.165, 1.54) is 11.6 Å². The van der Waals surface area contributed by atoms with Crippen LogP contribution in [0.4, 0.5) is 5.69 Å². The van der Waals surface area contributed by atoms with Gasteiger partial charge in [-0.15, -0.1) is 0 Å². The molecule has 4 heteroatoms. The molecule has 0 atom stereocenters. The zero-order valence-electron chi connectivity index (χ0n) is 13.8. The van der Waals surface area contributed by atoms with Gasteiger partial charge in [0.15, 0.2) is 11.5 Å². The number of carbonyl (C=O) groups excluding carboxylic acids is 1. The molecule has 0 bridgehead atoms. The summed E-state index contributed by atoms with van der Waals surface area (Å²) < 4.78 is 10.4. The maximum atomic E-state index is 12.0. The molecule has 0 radical (unpaired) electrons. The first kappa shape index (κ1) is 16.6. The smallest absolute Gasteiger partial charge is 0.248 e. The van der Waals surface area contributed by atoms with Gasteiger partial charge < -0.3 is 14.8 Å². The Balaban J connectivity index is 2.07. The average molecular weight is 311 g/mol. The Bertz CT molecular complexity index is 735. The van der Waals surface area contributed by atoms with E-state index in [1.807, 2.05) is 44.2 Å². The monoisotopic (exact) mass is 311 g/mol. The highest BCUT2D eigenvalue weighted by Crippen LogP contribution is 2.28. The van der Waals surface area contributed by atoms with Gasteiger partial charge in [-0.2, -0.15) is 0 Å². The first-order chi connectivity index (χ1) is 11.0. The molecular formula is C19H21NO3. The topological polar surface area (TPSA) is 47.6 Å². The van der Waals surface area contributed by atoms with E-state index in [2.05, 4.69) is 5.32 Å². The minimum absolute atomic E-state index is 0.178. The summed E-state index contributed by atoms with van der Waals surface area (Å²) >= 11 is 0. The van der Waals surface area contributed by atoms with Gasteiger partial charge in [-0.25, -0.2) is 0 Å². The third-order valence-corrected chi connectivity index (χ3v) is 3.61. The SMILES string of the molecule is COc1ccc(/C=C/C(=O)Nc2ccc(C)c(C)c2)cc1OC. The van der Waals surface area contributed by atoms with Gasteiger partial charge in [-0.05, 0) is 60.9 Å². The maximum absolute atomic E-state index is 12.0. The van der Waals surface area contributed by atoms with Crippen molar-refractivity contribution in [3.05, 3.63) is 59.2 Å². The summed E-state index contributed by atoms with van der Waals surface area (Å²) in [4.78, 5) is 12.0. The molecule has 23 heavy (non-hydrogen) atoms. The Hall–Kier alpha value is -2.75. The molecule has 0 unspecified atom stereocenters. The predicted octanol–water partition coefficient (Wildman–Crippen LogP) is 3.97. The van der Waals surface area contributed by atoms with Gasteiger partial charge in [0.25, 0.3) is 0 Å². The molecule has 2 aromatic rings. The van der Waals surface area contributed by atoms with Gasteiger partial charge in [0, 0.05) is 11.8 Å². The second-order valence-electron chi connectivity index (χ2n) is 5.24. The summed E-state index contributed by atoms with van der Waals surface area (Å²) in [6.07, 6.45) is 3.23. The average Bonchev–Trinajstić information content (AvgIpc) is 2.56. The molecule has 1 N–H and O–H groups in total. The Morgan fingerprint density at radius 3 is 2.35 bits per heavy atom. The van der Waals surface area contributed by atoms with Crippen LogP contribution in [0.15, 0.2) is 42.5 Å². The van der Waals surface area contributed by atoms with Crippen LogP contribution < -0.4 is 14.8 Å². The zero-order chi connectivity index (χ0) is 16.8. The first-order valence-electron chi connectivity index (χ1n) is 7.32. The van der Waals surface area contributed by atoms with Crippen molar-refractivity contribution in [1.29, 1.82) is 0 Å². The van der Waals surface area contributed by atoms with Crippen LogP contribution in [0.3, 0.4) is 0 Å². The molecule has 2 aromatic carbocycles. The normalized spacial score (nSPS) is 10.6. The molecule has 0 aliphatic heterocycles. The lowest BCUT2D eigenvalue weighted by Gasteiger charge is -2.08. The molecule has 2 rings (SSSR count). The van der Waals surface area contributed by atoms with Crippen LogP contribution in [0.5, 0.6) is 11.5 Å². The number of aryl methyl sites for hydroxylation is 2. The summed E-state index contributed by atoms with van der Waals surface area (Å²) in [5.74, 6) is 1.11. The zero-order valence-corrected chi connectivity index (χ0v) is 13.8. The molecule has 4 nitrogen and oxygen atoms in total. The van der Waals surface area contributed by atoms with Crippen LogP contribution in [0.2, 0.25) is 0 Å². The first-order valence-corrected chi connectivity index (χ1v) is 7.32. The van der Waals surface area contributed by atoms with E-state index in [-0.39, 0.29) is 5.91 Å². The number of hydrogen-bond donors (Lipinski definition) is 1. The number of carbonyl (C=O) groups is 1. The predicted molar refractivity (Wildman–Crippen MR) is 93.1 cm³/mol.